The second kappa shape index (κ2) is 10.3. The van der Waals surface area contributed by atoms with Crippen LogP contribution in [-0.2, 0) is 11.2 Å². The summed E-state index contributed by atoms with van der Waals surface area (Å²) in [5.74, 6) is 1.46. The van der Waals surface area contributed by atoms with Gasteiger partial charge in [-0.2, -0.15) is 4.98 Å². The highest BCUT2D eigenvalue weighted by Gasteiger charge is 2.06. The standard InChI is InChI=1S/C22H26N4O/c1-27-16-8-14-24-22-25-20(19-11-6-3-7-12-19)17-21(26-22)23-15-13-18-9-4-2-5-10-18/h2-7,9-12,17H,8,13-16H2,1H3,(H2,23,24,25,26). The summed E-state index contributed by atoms with van der Waals surface area (Å²) >= 11 is 0. The fourth-order valence-electron chi connectivity index (χ4n) is 2.77. The lowest BCUT2D eigenvalue weighted by Gasteiger charge is -2.11. The summed E-state index contributed by atoms with van der Waals surface area (Å²) in [5, 5.41) is 6.73. The third-order valence-corrected chi connectivity index (χ3v) is 4.17. The van der Waals surface area contributed by atoms with Gasteiger partial charge in [-0.1, -0.05) is 60.7 Å². The van der Waals surface area contributed by atoms with Crippen molar-refractivity contribution in [2.75, 3.05) is 37.4 Å². The molecule has 0 fully saturated rings. The SMILES string of the molecule is COCCCNc1nc(NCCc2ccccc2)cc(-c2ccccc2)n1. The van der Waals surface area contributed by atoms with E-state index in [-0.39, 0.29) is 0 Å². The average Bonchev–Trinajstić information content (AvgIpc) is 2.73. The highest BCUT2D eigenvalue weighted by atomic mass is 16.5. The first kappa shape index (κ1) is 18.9. The van der Waals surface area contributed by atoms with Crippen molar-refractivity contribution < 1.29 is 4.74 Å². The van der Waals surface area contributed by atoms with E-state index >= 15 is 0 Å². The van der Waals surface area contributed by atoms with E-state index < -0.39 is 0 Å². The molecule has 5 heteroatoms. The Morgan fingerprint density at radius 1 is 0.852 bits per heavy atom. The lowest BCUT2D eigenvalue weighted by molar-refractivity contribution is 0.197. The second-order valence-corrected chi connectivity index (χ2v) is 6.26. The third kappa shape index (κ3) is 6.08. The highest BCUT2D eigenvalue weighted by Crippen LogP contribution is 2.21. The molecule has 3 aromatic rings. The molecule has 140 valence electrons. The Morgan fingerprint density at radius 2 is 1.59 bits per heavy atom. The minimum atomic E-state index is 0.634. The fourth-order valence-corrected chi connectivity index (χ4v) is 2.77. The molecule has 5 nitrogen and oxygen atoms in total. The van der Waals surface area contributed by atoms with Crippen molar-refractivity contribution in [2.24, 2.45) is 0 Å². The number of ether oxygens (including phenoxy) is 1. The summed E-state index contributed by atoms with van der Waals surface area (Å²) in [6, 6.07) is 22.6. The summed E-state index contributed by atoms with van der Waals surface area (Å²) in [4.78, 5) is 9.28. The molecule has 0 bridgehead atoms. The monoisotopic (exact) mass is 362 g/mol. The van der Waals surface area contributed by atoms with E-state index in [0.717, 1.165) is 43.0 Å². The quantitative estimate of drug-likeness (QED) is 0.528. The number of hydrogen-bond donors (Lipinski definition) is 2. The van der Waals surface area contributed by atoms with E-state index in [9.17, 15) is 0 Å². The summed E-state index contributed by atoms with van der Waals surface area (Å²) in [5.41, 5.74) is 3.29. The molecule has 0 spiro atoms. The molecule has 0 atom stereocenters. The number of nitrogens with zero attached hydrogens (tertiary/aromatic N) is 2. The molecule has 3 rings (SSSR count). The zero-order chi connectivity index (χ0) is 18.7. The van der Waals surface area contributed by atoms with Crippen molar-refractivity contribution in [2.45, 2.75) is 12.8 Å². The maximum atomic E-state index is 5.10. The average molecular weight is 362 g/mol. The van der Waals surface area contributed by atoms with Gasteiger partial charge in [0, 0.05) is 38.4 Å². The Kier molecular flexibility index (Phi) is 7.18. The van der Waals surface area contributed by atoms with Crippen LogP contribution in [0.1, 0.15) is 12.0 Å². The third-order valence-electron chi connectivity index (χ3n) is 4.17. The van der Waals surface area contributed by atoms with E-state index in [1.54, 1.807) is 7.11 Å². The first-order valence-corrected chi connectivity index (χ1v) is 9.30. The molecule has 27 heavy (non-hydrogen) atoms. The molecule has 2 aromatic carbocycles. The summed E-state index contributed by atoms with van der Waals surface area (Å²) < 4.78 is 5.10. The predicted octanol–water partition coefficient (Wildman–Crippen LogP) is 4.25. The van der Waals surface area contributed by atoms with Gasteiger partial charge in [0.05, 0.1) is 5.69 Å². The van der Waals surface area contributed by atoms with Gasteiger partial charge in [0.25, 0.3) is 0 Å². The number of aromatic nitrogens is 2. The molecule has 0 saturated carbocycles. The fraction of sp³-hybridized carbons (Fsp3) is 0.273. The molecule has 1 aromatic heterocycles. The van der Waals surface area contributed by atoms with Gasteiger partial charge in [-0.3, -0.25) is 0 Å². The van der Waals surface area contributed by atoms with Crippen LogP contribution < -0.4 is 10.6 Å². The zero-order valence-corrected chi connectivity index (χ0v) is 15.7. The Bertz CT molecular complexity index is 809. The maximum Gasteiger partial charge on any atom is 0.225 e. The highest BCUT2D eigenvalue weighted by molar-refractivity contribution is 5.64. The van der Waals surface area contributed by atoms with Crippen LogP contribution in [0.25, 0.3) is 11.3 Å². The molecule has 0 radical (unpaired) electrons. The van der Waals surface area contributed by atoms with Crippen LogP contribution in [0.2, 0.25) is 0 Å². The Morgan fingerprint density at radius 3 is 2.33 bits per heavy atom. The first-order chi connectivity index (χ1) is 13.3. The second-order valence-electron chi connectivity index (χ2n) is 6.26. The number of methoxy groups -OCH3 is 1. The summed E-state index contributed by atoms with van der Waals surface area (Å²) in [6.45, 7) is 2.31. The molecular formula is C22H26N4O. The molecule has 0 aliphatic carbocycles. The van der Waals surface area contributed by atoms with E-state index in [2.05, 4.69) is 57.0 Å². The molecule has 0 saturated heterocycles. The van der Waals surface area contributed by atoms with Crippen molar-refractivity contribution in [3.8, 4) is 11.3 Å². The van der Waals surface area contributed by atoms with Crippen LogP contribution in [0.4, 0.5) is 11.8 Å². The van der Waals surface area contributed by atoms with Gasteiger partial charge < -0.3 is 15.4 Å². The van der Waals surface area contributed by atoms with Crippen molar-refractivity contribution in [1.29, 1.82) is 0 Å². The van der Waals surface area contributed by atoms with E-state index in [0.29, 0.717) is 12.6 Å². The lowest BCUT2D eigenvalue weighted by Crippen LogP contribution is -2.11. The molecule has 0 amide bonds. The zero-order valence-electron chi connectivity index (χ0n) is 15.7. The number of hydrogen-bond acceptors (Lipinski definition) is 5. The summed E-state index contributed by atoms with van der Waals surface area (Å²) in [7, 11) is 1.71. The number of nitrogens with one attached hydrogen (secondary N) is 2. The van der Waals surface area contributed by atoms with Gasteiger partial charge in [-0.25, -0.2) is 4.98 Å². The summed E-state index contributed by atoms with van der Waals surface area (Å²) in [6.07, 6.45) is 1.86. The van der Waals surface area contributed by atoms with Crippen LogP contribution in [-0.4, -0.2) is 36.8 Å². The molecule has 1 heterocycles. The Hall–Kier alpha value is -2.92. The number of anilines is 2. The van der Waals surface area contributed by atoms with Gasteiger partial charge in [-0.15, -0.1) is 0 Å². The van der Waals surface area contributed by atoms with E-state index in [1.165, 1.54) is 5.56 Å². The number of rotatable bonds is 10. The first-order valence-electron chi connectivity index (χ1n) is 9.30. The van der Waals surface area contributed by atoms with Gasteiger partial charge in [0.15, 0.2) is 0 Å². The molecule has 0 aliphatic rings. The van der Waals surface area contributed by atoms with Crippen LogP contribution >= 0.6 is 0 Å². The lowest BCUT2D eigenvalue weighted by atomic mass is 10.1. The van der Waals surface area contributed by atoms with Gasteiger partial charge >= 0.3 is 0 Å². The Labute approximate surface area is 160 Å². The predicted molar refractivity (Wildman–Crippen MR) is 111 cm³/mol. The van der Waals surface area contributed by atoms with Gasteiger partial charge in [0.2, 0.25) is 5.95 Å². The molecule has 0 unspecified atom stereocenters. The van der Waals surface area contributed by atoms with Crippen LogP contribution in [0, 0.1) is 0 Å². The van der Waals surface area contributed by atoms with Crippen molar-refractivity contribution in [1.82, 2.24) is 9.97 Å². The minimum absolute atomic E-state index is 0.634. The normalized spacial score (nSPS) is 10.6. The van der Waals surface area contributed by atoms with E-state index in [1.807, 2.05) is 30.3 Å². The number of benzene rings is 2. The van der Waals surface area contributed by atoms with Crippen molar-refractivity contribution >= 4 is 11.8 Å². The van der Waals surface area contributed by atoms with Crippen molar-refractivity contribution in [3.63, 3.8) is 0 Å². The van der Waals surface area contributed by atoms with Gasteiger partial charge in [-0.05, 0) is 18.4 Å². The van der Waals surface area contributed by atoms with Crippen LogP contribution in [0.15, 0.2) is 66.7 Å². The minimum Gasteiger partial charge on any atom is -0.385 e. The molecule has 0 aliphatic heterocycles. The molecule has 2 N–H and O–H groups in total. The molecular weight excluding hydrogens is 336 g/mol. The van der Waals surface area contributed by atoms with E-state index in [4.69, 9.17) is 4.74 Å². The van der Waals surface area contributed by atoms with Gasteiger partial charge in [0.1, 0.15) is 5.82 Å². The van der Waals surface area contributed by atoms with Crippen LogP contribution in [0.5, 0.6) is 0 Å². The smallest absolute Gasteiger partial charge is 0.225 e. The topological polar surface area (TPSA) is 59.1 Å². The Balaban J connectivity index is 1.70. The van der Waals surface area contributed by atoms with Crippen molar-refractivity contribution in [3.05, 3.63) is 72.3 Å². The maximum absolute atomic E-state index is 5.10. The van der Waals surface area contributed by atoms with Crippen LogP contribution in [0.3, 0.4) is 0 Å². The largest absolute Gasteiger partial charge is 0.385 e.